The zero-order valence-electron chi connectivity index (χ0n) is 14.3. The molecule has 1 aliphatic rings. The predicted molar refractivity (Wildman–Crippen MR) is 83.4 cm³/mol. The van der Waals surface area contributed by atoms with Crippen LogP contribution in [0.5, 0.6) is 0 Å². The van der Waals surface area contributed by atoms with Crippen molar-refractivity contribution >= 4 is 0 Å². The molecule has 9 heteroatoms. The van der Waals surface area contributed by atoms with Gasteiger partial charge in [0.05, 0.1) is 6.04 Å². The SMILES string of the molecule is C=CC[C@H]1CC(C)=C[C@H](CC=C)[NH+]1C[C@@H](O)C(F)(F)C(F)(F)C(F)(F)F. The highest BCUT2D eigenvalue weighted by Gasteiger charge is 2.75. The Balaban J connectivity index is 3.14. The van der Waals surface area contributed by atoms with Crippen LogP contribution in [0.2, 0.25) is 0 Å². The third-order valence-electron chi connectivity index (χ3n) is 4.55. The monoisotopic (exact) mass is 390 g/mol. The molecule has 0 aromatic heterocycles. The standard InChI is InChI=1S/C17H22F7NO/c1-4-6-12-8-11(3)9-13(7-5-2)25(12)10-14(26)15(18,19)16(20,21)17(22,23)24/h4-5,8,12-14,26H,1-2,6-7,9-10H2,3H3/p+1/t12-,13-,14+/m0/s1. The maximum Gasteiger partial charge on any atom is 0.459 e. The molecule has 0 aromatic rings. The van der Waals surface area contributed by atoms with Gasteiger partial charge in [0.15, 0.2) is 6.10 Å². The van der Waals surface area contributed by atoms with Gasteiger partial charge in [-0.2, -0.15) is 30.7 Å². The average Bonchev–Trinajstić information content (AvgIpc) is 2.49. The van der Waals surface area contributed by atoms with Gasteiger partial charge in [-0.3, -0.25) is 0 Å². The molecule has 1 unspecified atom stereocenters. The zero-order chi connectivity index (χ0) is 20.3. The largest absolute Gasteiger partial charge is 0.459 e. The maximum atomic E-state index is 13.8. The van der Waals surface area contributed by atoms with Crippen molar-refractivity contribution in [2.75, 3.05) is 6.54 Å². The molecule has 0 aliphatic carbocycles. The minimum absolute atomic E-state index is 0.300. The number of halogens is 7. The topological polar surface area (TPSA) is 24.7 Å². The van der Waals surface area contributed by atoms with E-state index in [9.17, 15) is 35.8 Å². The van der Waals surface area contributed by atoms with Gasteiger partial charge >= 0.3 is 18.0 Å². The minimum atomic E-state index is -6.47. The number of hydrogen-bond acceptors (Lipinski definition) is 1. The Bertz CT molecular complexity index is 542. The first-order chi connectivity index (χ1) is 11.8. The summed E-state index contributed by atoms with van der Waals surface area (Å²) in [5.74, 6) is -12.0. The van der Waals surface area contributed by atoms with E-state index in [-0.39, 0.29) is 6.04 Å². The number of aliphatic hydroxyl groups is 1. The first kappa shape index (κ1) is 22.7. The van der Waals surface area contributed by atoms with Gasteiger partial charge in [0.1, 0.15) is 12.6 Å². The highest BCUT2D eigenvalue weighted by atomic mass is 19.4. The fourth-order valence-corrected chi connectivity index (χ4v) is 3.24. The smallest absolute Gasteiger partial charge is 0.381 e. The van der Waals surface area contributed by atoms with Crippen molar-refractivity contribution in [3.8, 4) is 0 Å². The first-order valence-corrected chi connectivity index (χ1v) is 8.04. The molecule has 0 fully saturated rings. The van der Waals surface area contributed by atoms with Crippen LogP contribution in [0.3, 0.4) is 0 Å². The zero-order valence-corrected chi connectivity index (χ0v) is 14.3. The van der Waals surface area contributed by atoms with Gasteiger partial charge in [-0.05, 0) is 13.0 Å². The quantitative estimate of drug-likeness (QED) is 0.483. The van der Waals surface area contributed by atoms with Crippen LogP contribution in [0.4, 0.5) is 30.7 Å². The number of hydrogen-bond donors (Lipinski definition) is 2. The van der Waals surface area contributed by atoms with E-state index < -0.39 is 36.7 Å². The van der Waals surface area contributed by atoms with Crippen LogP contribution in [0.25, 0.3) is 0 Å². The molecule has 4 atom stereocenters. The molecule has 2 nitrogen and oxygen atoms in total. The molecule has 26 heavy (non-hydrogen) atoms. The lowest BCUT2D eigenvalue weighted by Crippen LogP contribution is -3.20. The molecule has 0 saturated heterocycles. The van der Waals surface area contributed by atoms with E-state index in [1.165, 1.54) is 12.2 Å². The van der Waals surface area contributed by atoms with Crippen molar-refractivity contribution in [2.45, 2.75) is 62.4 Å². The van der Waals surface area contributed by atoms with Crippen LogP contribution in [-0.2, 0) is 0 Å². The third-order valence-corrected chi connectivity index (χ3v) is 4.55. The van der Waals surface area contributed by atoms with Crippen LogP contribution in [0, 0.1) is 0 Å². The Kier molecular flexibility index (Phi) is 7.09. The van der Waals surface area contributed by atoms with E-state index in [0.717, 1.165) is 5.57 Å². The van der Waals surface area contributed by atoms with Gasteiger partial charge in [-0.1, -0.05) is 17.7 Å². The lowest BCUT2D eigenvalue weighted by Gasteiger charge is -2.40. The van der Waals surface area contributed by atoms with Crippen LogP contribution in [0.15, 0.2) is 37.0 Å². The lowest BCUT2D eigenvalue weighted by atomic mass is 9.91. The summed E-state index contributed by atoms with van der Waals surface area (Å²) in [7, 11) is 0. The molecule has 0 aromatic carbocycles. The molecule has 150 valence electrons. The predicted octanol–water partition coefficient (Wildman–Crippen LogP) is 3.30. The molecular weight excluding hydrogens is 367 g/mol. The van der Waals surface area contributed by atoms with Gasteiger partial charge in [0.25, 0.3) is 0 Å². The second-order valence-electron chi connectivity index (χ2n) is 6.56. The first-order valence-electron chi connectivity index (χ1n) is 8.04. The van der Waals surface area contributed by atoms with Crippen molar-refractivity contribution in [3.63, 3.8) is 0 Å². The summed E-state index contributed by atoms with van der Waals surface area (Å²) in [5.41, 5.74) is 0.939. The van der Waals surface area contributed by atoms with E-state index in [1.54, 1.807) is 6.08 Å². The fourth-order valence-electron chi connectivity index (χ4n) is 3.24. The summed E-state index contributed by atoms with van der Waals surface area (Å²) in [5, 5.41) is 9.64. The van der Waals surface area contributed by atoms with Gasteiger partial charge < -0.3 is 10.0 Å². The van der Waals surface area contributed by atoms with Crippen molar-refractivity contribution < 1.29 is 40.7 Å². The summed E-state index contributed by atoms with van der Waals surface area (Å²) in [6, 6.07) is -0.830. The Morgan fingerprint density at radius 2 is 1.69 bits per heavy atom. The fraction of sp³-hybridized carbons (Fsp3) is 0.647. The Morgan fingerprint density at radius 1 is 1.15 bits per heavy atom. The number of alkyl halides is 7. The van der Waals surface area contributed by atoms with Gasteiger partial charge in [0, 0.05) is 19.3 Å². The van der Waals surface area contributed by atoms with Gasteiger partial charge in [-0.15, -0.1) is 13.2 Å². The number of aliphatic hydroxyl groups excluding tert-OH is 1. The molecule has 0 bridgehead atoms. The second kappa shape index (κ2) is 8.12. The number of quaternary nitrogens is 1. The molecule has 0 saturated carbocycles. The van der Waals surface area contributed by atoms with Crippen molar-refractivity contribution in [3.05, 3.63) is 37.0 Å². The highest BCUT2D eigenvalue weighted by Crippen LogP contribution is 2.47. The highest BCUT2D eigenvalue weighted by molar-refractivity contribution is 5.08. The number of rotatable bonds is 8. The molecule has 1 rings (SSSR count). The van der Waals surface area contributed by atoms with E-state index in [4.69, 9.17) is 0 Å². The molecule has 0 spiro atoms. The third kappa shape index (κ3) is 4.49. The molecule has 0 amide bonds. The summed E-state index contributed by atoms with van der Waals surface area (Å²) < 4.78 is 90.9. The minimum Gasteiger partial charge on any atom is -0.381 e. The lowest BCUT2D eigenvalue weighted by molar-refractivity contribution is -0.948. The Hall–Kier alpha value is -1.35. The van der Waals surface area contributed by atoms with Crippen LogP contribution < -0.4 is 4.90 Å². The van der Waals surface area contributed by atoms with Crippen molar-refractivity contribution in [1.29, 1.82) is 0 Å². The maximum absolute atomic E-state index is 13.8. The van der Waals surface area contributed by atoms with Crippen molar-refractivity contribution in [1.82, 2.24) is 0 Å². The number of nitrogens with one attached hydrogen (secondary N) is 1. The Labute approximate surface area is 147 Å². The molecule has 0 radical (unpaired) electrons. The van der Waals surface area contributed by atoms with Gasteiger partial charge in [-0.25, -0.2) is 0 Å². The van der Waals surface area contributed by atoms with Crippen LogP contribution >= 0.6 is 0 Å². The molecule has 1 heterocycles. The Morgan fingerprint density at radius 3 is 2.15 bits per heavy atom. The van der Waals surface area contributed by atoms with E-state index in [0.29, 0.717) is 24.2 Å². The van der Waals surface area contributed by atoms with Crippen molar-refractivity contribution in [2.24, 2.45) is 0 Å². The van der Waals surface area contributed by atoms with E-state index >= 15 is 0 Å². The van der Waals surface area contributed by atoms with E-state index in [2.05, 4.69) is 13.2 Å². The molecule has 2 N–H and O–H groups in total. The normalized spacial score (nSPS) is 26.2. The summed E-state index contributed by atoms with van der Waals surface area (Å²) in [6.45, 7) is 7.95. The van der Waals surface area contributed by atoms with E-state index in [1.807, 2.05) is 6.92 Å². The molecular formula is C17H23F7NO+. The summed E-state index contributed by atoms with van der Waals surface area (Å²) in [6.07, 6.45) is -3.81. The van der Waals surface area contributed by atoms with Crippen LogP contribution in [-0.4, -0.2) is 47.9 Å². The average molecular weight is 390 g/mol. The summed E-state index contributed by atoms with van der Waals surface area (Å²) in [4.78, 5) is 0.306. The molecule has 1 aliphatic heterocycles. The second-order valence-corrected chi connectivity index (χ2v) is 6.56. The summed E-state index contributed by atoms with van der Waals surface area (Å²) >= 11 is 0. The van der Waals surface area contributed by atoms with Gasteiger partial charge in [0.2, 0.25) is 0 Å². The van der Waals surface area contributed by atoms with Crippen LogP contribution in [0.1, 0.15) is 26.2 Å².